The van der Waals surface area contributed by atoms with Crippen LogP contribution in [0.1, 0.15) is 19.8 Å². The third-order valence-electron chi connectivity index (χ3n) is 2.59. The number of hydrogen-bond acceptors (Lipinski definition) is 3. The molecule has 1 aromatic carbocycles. The molecule has 0 aliphatic carbocycles. The van der Waals surface area contributed by atoms with E-state index in [0.29, 0.717) is 6.42 Å². The number of carbonyl (C=O) groups excluding carboxylic acids is 1. The van der Waals surface area contributed by atoms with E-state index in [1.165, 1.54) is 6.07 Å². The molecule has 0 fully saturated rings. The van der Waals surface area contributed by atoms with Crippen molar-refractivity contribution in [1.29, 1.82) is 0 Å². The number of aliphatic hydroxyl groups is 1. The van der Waals surface area contributed by atoms with Crippen molar-refractivity contribution in [2.75, 3.05) is 12.4 Å². The smallest absolute Gasteiger partial charge is 0.230 e. The highest BCUT2D eigenvalue weighted by Crippen LogP contribution is 2.22. The van der Waals surface area contributed by atoms with E-state index in [4.69, 9.17) is 5.11 Å². The molecular weight excluding hydrogens is 272 g/mol. The van der Waals surface area contributed by atoms with Gasteiger partial charge in [-0.3, -0.25) is 4.79 Å². The lowest BCUT2D eigenvalue weighted by Crippen LogP contribution is -2.36. The molecule has 0 saturated heterocycles. The van der Waals surface area contributed by atoms with Crippen molar-refractivity contribution in [2.45, 2.75) is 30.7 Å². The van der Waals surface area contributed by atoms with E-state index in [-0.39, 0.29) is 29.2 Å². The fourth-order valence-electron chi connectivity index (χ4n) is 1.54. The molecule has 3 nitrogen and oxygen atoms in total. The molecule has 0 radical (unpaired) electrons. The summed E-state index contributed by atoms with van der Waals surface area (Å²) < 4.78 is 26.0. The molecule has 19 heavy (non-hydrogen) atoms. The Morgan fingerprint density at radius 3 is 2.79 bits per heavy atom. The number of rotatable bonds is 7. The number of aliphatic hydroxyl groups excluding tert-OH is 1. The van der Waals surface area contributed by atoms with Crippen LogP contribution in [0.4, 0.5) is 8.78 Å². The van der Waals surface area contributed by atoms with Crippen molar-refractivity contribution in [2.24, 2.45) is 0 Å². The Balaban J connectivity index is 2.45. The van der Waals surface area contributed by atoms with Crippen LogP contribution >= 0.6 is 11.8 Å². The van der Waals surface area contributed by atoms with Gasteiger partial charge in [0.25, 0.3) is 0 Å². The van der Waals surface area contributed by atoms with Crippen LogP contribution in [0, 0.1) is 11.6 Å². The molecule has 2 N–H and O–H groups in total. The van der Waals surface area contributed by atoms with Gasteiger partial charge < -0.3 is 10.4 Å². The van der Waals surface area contributed by atoms with Crippen LogP contribution in [-0.4, -0.2) is 29.4 Å². The van der Waals surface area contributed by atoms with Gasteiger partial charge in [0.1, 0.15) is 11.6 Å². The molecule has 0 saturated carbocycles. The van der Waals surface area contributed by atoms with Crippen molar-refractivity contribution in [3.63, 3.8) is 0 Å². The highest BCUT2D eigenvalue weighted by Gasteiger charge is 2.11. The summed E-state index contributed by atoms with van der Waals surface area (Å²) in [6.07, 6.45) is 1.22. The summed E-state index contributed by atoms with van der Waals surface area (Å²) in [6.45, 7) is 1.92. The topological polar surface area (TPSA) is 49.3 Å². The minimum Gasteiger partial charge on any atom is -0.396 e. The Bertz CT molecular complexity index is 429. The second-order valence-electron chi connectivity index (χ2n) is 4.05. The van der Waals surface area contributed by atoms with Crippen molar-refractivity contribution >= 4 is 17.7 Å². The molecular formula is C13H17F2NO2S. The Kier molecular flexibility index (Phi) is 6.80. The van der Waals surface area contributed by atoms with Crippen LogP contribution < -0.4 is 5.32 Å². The monoisotopic (exact) mass is 289 g/mol. The molecule has 1 unspecified atom stereocenters. The Morgan fingerprint density at radius 2 is 2.21 bits per heavy atom. The zero-order valence-electron chi connectivity index (χ0n) is 10.7. The predicted octanol–water partition coefficient (Wildman–Crippen LogP) is 2.33. The van der Waals surface area contributed by atoms with Crippen LogP contribution in [0.5, 0.6) is 0 Å². The molecule has 1 aromatic rings. The first-order valence-electron chi connectivity index (χ1n) is 6.04. The van der Waals surface area contributed by atoms with Gasteiger partial charge in [-0.2, -0.15) is 0 Å². The summed E-state index contributed by atoms with van der Waals surface area (Å²) in [7, 11) is 0. The fourth-order valence-corrected chi connectivity index (χ4v) is 2.27. The van der Waals surface area contributed by atoms with E-state index < -0.39 is 11.6 Å². The zero-order chi connectivity index (χ0) is 14.3. The van der Waals surface area contributed by atoms with Gasteiger partial charge in [0.15, 0.2) is 0 Å². The van der Waals surface area contributed by atoms with Crippen LogP contribution in [0.25, 0.3) is 0 Å². The minimum absolute atomic E-state index is 0.0124. The summed E-state index contributed by atoms with van der Waals surface area (Å²) in [5, 5.41) is 11.6. The van der Waals surface area contributed by atoms with E-state index in [1.54, 1.807) is 0 Å². The molecule has 0 aliphatic rings. The molecule has 6 heteroatoms. The van der Waals surface area contributed by atoms with Gasteiger partial charge in [0.05, 0.1) is 5.75 Å². The van der Waals surface area contributed by atoms with Crippen molar-refractivity contribution in [1.82, 2.24) is 5.32 Å². The minimum atomic E-state index is -0.666. The van der Waals surface area contributed by atoms with E-state index in [9.17, 15) is 13.6 Å². The summed E-state index contributed by atoms with van der Waals surface area (Å²) in [5.74, 6) is -1.47. The average molecular weight is 289 g/mol. The standard InChI is InChI=1S/C13H17F2NO2S/c1-2-10(5-6-17)16-13(18)8-19-12-4-3-9(14)7-11(12)15/h3-4,7,10,17H,2,5-6,8H2,1H3,(H,16,18). The Hall–Kier alpha value is -1.14. The highest BCUT2D eigenvalue weighted by molar-refractivity contribution is 8.00. The molecule has 0 aromatic heterocycles. The van der Waals surface area contributed by atoms with E-state index in [0.717, 1.165) is 30.3 Å². The van der Waals surface area contributed by atoms with Gasteiger partial charge in [0.2, 0.25) is 5.91 Å². The lowest BCUT2D eigenvalue weighted by Gasteiger charge is -2.15. The lowest BCUT2D eigenvalue weighted by atomic mass is 10.1. The molecule has 0 aliphatic heterocycles. The molecule has 0 spiro atoms. The number of benzene rings is 1. The molecule has 106 valence electrons. The van der Waals surface area contributed by atoms with Crippen LogP contribution in [-0.2, 0) is 4.79 Å². The quantitative estimate of drug-likeness (QED) is 0.757. The fraction of sp³-hybridized carbons (Fsp3) is 0.462. The number of amides is 1. The highest BCUT2D eigenvalue weighted by atomic mass is 32.2. The first-order chi connectivity index (χ1) is 9.06. The summed E-state index contributed by atoms with van der Waals surface area (Å²) in [5.41, 5.74) is 0. The molecule has 0 heterocycles. The summed E-state index contributed by atoms with van der Waals surface area (Å²) >= 11 is 1.02. The summed E-state index contributed by atoms with van der Waals surface area (Å²) in [4.78, 5) is 11.9. The van der Waals surface area contributed by atoms with Gasteiger partial charge in [-0.05, 0) is 25.0 Å². The zero-order valence-corrected chi connectivity index (χ0v) is 11.5. The first kappa shape index (κ1) is 15.9. The third kappa shape index (κ3) is 5.57. The van der Waals surface area contributed by atoms with Crippen LogP contribution in [0.3, 0.4) is 0 Å². The van der Waals surface area contributed by atoms with Crippen molar-refractivity contribution in [3.05, 3.63) is 29.8 Å². The Morgan fingerprint density at radius 1 is 1.47 bits per heavy atom. The van der Waals surface area contributed by atoms with Gasteiger partial charge in [0, 0.05) is 23.6 Å². The van der Waals surface area contributed by atoms with E-state index in [2.05, 4.69) is 5.32 Å². The molecule has 1 rings (SSSR count). The maximum absolute atomic E-state index is 13.3. The summed E-state index contributed by atoms with van der Waals surface area (Å²) in [6, 6.07) is 3.19. The van der Waals surface area contributed by atoms with Crippen LogP contribution in [0.2, 0.25) is 0 Å². The number of hydrogen-bond donors (Lipinski definition) is 2. The average Bonchev–Trinajstić information content (AvgIpc) is 2.37. The second-order valence-corrected chi connectivity index (χ2v) is 5.07. The van der Waals surface area contributed by atoms with Gasteiger partial charge in [-0.25, -0.2) is 8.78 Å². The third-order valence-corrected chi connectivity index (χ3v) is 3.64. The predicted molar refractivity (Wildman–Crippen MR) is 71.0 cm³/mol. The van der Waals surface area contributed by atoms with Crippen molar-refractivity contribution in [3.8, 4) is 0 Å². The van der Waals surface area contributed by atoms with Crippen LogP contribution in [0.15, 0.2) is 23.1 Å². The lowest BCUT2D eigenvalue weighted by molar-refractivity contribution is -0.119. The van der Waals surface area contributed by atoms with Gasteiger partial charge in [-0.1, -0.05) is 6.92 Å². The van der Waals surface area contributed by atoms with Gasteiger partial charge >= 0.3 is 0 Å². The maximum atomic E-state index is 13.3. The maximum Gasteiger partial charge on any atom is 0.230 e. The number of nitrogens with one attached hydrogen (secondary N) is 1. The van der Waals surface area contributed by atoms with Gasteiger partial charge in [-0.15, -0.1) is 11.8 Å². The molecule has 1 atom stereocenters. The number of halogens is 2. The SMILES string of the molecule is CCC(CCO)NC(=O)CSc1ccc(F)cc1F. The molecule has 1 amide bonds. The second kappa shape index (κ2) is 8.12. The number of thioether (sulfide) groups is 1. The van der Waals surface area contributed by atoms with E-state index >= 15 is 0 Å². The molecule has 0 bridgehead atoms. The first-order valence-corrected chi connectivity index (χ1v) is 7.03. The normalized spacial score (nSPS) is 12.2. The van der Waals surface area contributed by atoms with E-state index in [1.807, 2.05) is 6.92 Å². The van der Waals surface area contributed by atoms with Crippen molar-refractivity contribution < 1.29 is 18.7 Å². The largest absolute Gasteiger partial charge is 0.396 e. The number of carbonyl (C=O) groups is 1. The Labute approximate surface area is 115 Å².